The van der Waals surface area contributed by atoms with E-state index in [-0.39, 0.29) is 17.9 Å². The molecule has 1 N–H and O–H groups in total. The Morgan fingerprint density at radius 2 is 1.90 bits per heavy atom. The summed E-state index contributed by atoms with van der Waals surface area (Å²) >= 11 is 6.16. The van der Waals surface area contributed by atoms with Crippen LogP contribution in [0.1, 0.15) is 11.1 Å². The highest BCUT2D eigenvalue weighted by molar-refractivity contribution is 6.34. The quantitative estimate of drug-likeness (QED) is 0.470. The molecule has 0 saturated carbocycles. The predicted molar refractivity (Wildman–Crippen MR) is 115 cm³/mol. The molecule has 0 radical (unpaired) electrons. The van der Waals surface area contributed by atoms with E-state index in [4.69, 9.17) is 20.8 Å². The molecule has 0 fully saturated rings. The van der Waals surface area contributed by atoms with Gasteiger partial charge in [0.2, 0.25) is 5.43 Å². The van der Waals surface area contributed by atoms with Crippen LogP contribution >= 0.6 is 11.6 Å². The van der Waals surface area contributed by atoms with Gasteiger partial charge in [-0.15, -0.1) is 0 Å². The number of halogens is 1. The van der Waals surface area contributed by atoms with Gasteiger partial charge >= 0.3 is 0 Å². The van der Waals surface area contributed by atoms with Crippen molar-refractivity contribution in [2.45, 2.75) is 13.8 Å². The summed E-state index contributed by atoms with van der Waals surface area (Å²) in [6, 6.07) is 15.8. The minimum atomic E-state index is -0.313. The summed E-state index contributed by atoms with van der Waals surface area (Å²) in [6.45, 7) is 3.76. The summed E-state index contributed by atoms with van der Waals surface area (Å²) in [5.74, 6) is 0.359. The van der Waals surface area contributed by atoms with E-state index in [1.54, 1.807) is 36.4 Å². The number of benzene rings is 3. The van der Waals surface area contributed by atoms with Gasteiger partial charge in [-0.05, 0) is 55.3 Å². The van der Waals surface area contributed by atoms with Crippen molar-refractivity contribution in [3.8, 4) is 5.75 Å². The van der Waals surface area contributed by atoms with Gasteiger partial charge < -0.3 is 14.5 Å². The smallest absolute Gasteiger partial charge is 0.262 e. The first-order valence-electron chi connectivity index (χ1n) is 9.07. The van der Waals surface area contributed by atoms with E-state index in [0.717, 1.165) is 11.1 Å². The third kappa shape index (κ3) is 3.82. The number of anilines is 1. The lowest BCUT2D eigenvalue weighted by molar-refractivity contribution is -0.118. The summed E-state index contributed by atoms with van der Waals surface area (Å²) in [5, 5.41) is 3.96. The van der Waals surface area contributed by atoms with Crippen molar-refractivity contribution in [2.75, 3.05) is 11.9 Å². The molecule has 0 aliphatic rings. The van der Waals surface area contributed by atoms with Crippen molar-refractivity contribution in [1.82, 2.24) is 0 Å². The van der Waals surface area contributed by atoms with Crippen LogP contribution < -0.4 is 15.5 Å². The lowest BCUT2D eigenvalue weighted by atomic mass is 10.1. The summed E-state index contributed by atoms with van der Waals surface area (Å²) in [7, 11) is 0. The number of hydrogen-bond acceptors (Lipinski definition) is 4. The average molecular weight is 408 g/mol. The summed E-state index contributed by atoms with van der Waals surface area (Å²) in [5.41, 5.74) is 3.03. The van der Waals surface area contributed by atoms with Gasteiger partial charge in [0.05, 0.1) is 15.8 Å². The fraction of sp³-hybridized carbons (Fsp3) is 0.130. The molecule has 0 atom stereocenters. The summed E-state index contributed by atoms with van der Waals surface area (Å²) in [4.78, 5) is 25.0. The molecule has 0 spiro atoms. The molecule has 1 heterocycles. The molecule has 0 unspecified atom stereocenters. The second-order valence-corrected chi connectivity index (χ2v) is 7.27. The number of fused-ring (bicyclic) bond motifs is 2. The monoisotopic (exact) mass is 407 g/mol. The van der Waals surface area contributed by atoms with E-state index >= 15 is 0 Å². The Morgan fingerprint density at radius 3 is 2.72 bits per heavy atom. The first-order valence-corrected chi connectivity index (χ1v) is 9.45. The second-order valence-electron chi connectivity index (χ2n) is 6.86. The van der Waals surface area contributed by atoms with Crippen LogP contribution in [0.15, 0.2) is 63.8 Å². The molecule has 146 valence electrons. The number of carbonyl (C=O) groups excluding carboxylic acids is 1. The van der Waals surface area contributed by atoms with Crippen molar-refractivity contribution in [3.05, 3.63) is 81.0 Å². The third-order valence-electron chi connectivity index (χ3n) is 4.64. The largest absolute Gasteiger partial charge is 0.483 e. The molecule has 0 aliphatic carbocycles. The molecule has 3 aromatic carbocycles. The fourth-order valence-electron chi connectivity index (χ4n) is 3.12. The van der Waals surface area contributed by atoms with Crippen LogP contribution in [0.25, 0.3) is 21.9 Å². The van der Waals surface area contributed by atoms with Crippen LogP contribution in [-0.4, -0.2) is 12.5 Å². The van der Waals surface area contributed by atoms with Gasteiger partial charge in [0.25, 0.3) is 5.91 Å². The van der Waals surface area contributed by atoms with Crippen molar-refractivity contribution in [1.29, 1.82) is 0 Å². The molecule has 0 bridgehead atoms. The normalized spacial score (nSPS) is 11.0. The molecule has 1 amide bonds. The minimum Gasteiger partial charge on any atom is -0.483 e. The number of nitrogens with one attached hydrogen (secondary N) is 1. The zero-order valence-corrected chi connectivity index (χ0v) is 16.7. The zero-order valence-electron chi connectivity index (χ0n) is 15.9. The highest BCUT2D eigenvalue weighted by Gasteiger charge is 2.12. The minimum absolute atomic E-state index is 0.129. The van der Waals surface area contributed by atoms with Crippen LogP contribution in [0.5, 0.6) is 5.75 Å². The van der Waals surface area contributed by atoms with Crippen LogP contribution in [0.4, 0.5) is 5.69 Å². The molecule has 5 nitrogen and oxygen atoms in total. The molecule has 6 heteroatoms. The molecule has 1 aromatic heterocycles. The maximum absolute atomic E-state index is 12.7. The Bertz CT molecular complexity index is 1310. The van der Waals surface area contributed by atoms with Gasteiger partial charge in [-0.2, -0.15) is 0 Å². The number of para-hydroxylation sites is 1. The molecule has 0 saturated heterocycles. The molecule has 0 aliphatic heterocycles. The fourth-order valence-corrected chi connectivity index (χ4v) is 3.33. The second kappa shape index (κ2) is 7.60. The molecular weight excluding hydrogens is 390 g/mol. The van der Waals surface area contributed by atoms with E-state index in [2.05, 4.69) is 5.32 Å². The maximum atomic E-state index is 12.7. The zero-order chi connectivity index (χ0) is 20.5. The first kappa shape index (κ1) is 19.0. The lowest BCUT2D eigenvalue weighted by Gasteiger charge is -2.11. The summed E-state index contributed by atoms with van der Waals surface area (Å²) < 4.78 is 11.5. The molecule has 29 heavy (non-hydrogen) atoms. The van der Waals surface area contributed by atoms with E-state index in [1.807, 2.05) is 32.0 Å². The molecule has 4 rings (SSSR count). The van der Waals surface area contributed by atoms with Gasteiger partial charge in [-0.3, -0.25) is 9.59 Å². The van der Waals surface area contributed by atoms with E-state index < -0.39 is 0 Å². The van der Waals surface area contributed by atoms with Gasteiger partial charge in [-0.25, -0.2) is 0 Å². The number of rotatable bonds is 4. The van der Waals surface area contributed by atoms with Crippen molar-refractivity contribution >= 4 is 45.1 Å². The van der Waals surface area contributed by atoms with Crippen LogP contribution in [0.2, 0.25) is 5.02 Å². The standard InChI is InChI=1S/C23H18ClNO4/c1-13-6-7-14(2)19(10-13)28-12-21(26)25-15-8-9-16-20(11-15)29-23-17(22(16)27)4-3-5-18(23)24/h3-11H,12H2,1-2H3,(H,25,26). The lowest BCUT2D eigenvalue weighted by Crippen LogP contribution is -2.20. The van der Waals surface area contributed by atoms with E-state index in [1.165, 1.54) is 0 Å². The Labute approximate surface area is 171 Å². The first-order chi connectivity index (χ1) is 13.9. The van der Waals surface area contributed by atoms with E-state index in [0.29, 0.717) is 38.4 Å². The molecular formula is C23H18ClNO4. The topological polar surface area (TPSA) is 68.5 Å². The van der Waals surface area contributed by atoms with Crippen molar-refractivity contribution < 1.29 is 13.9 Å². The Balaban J connectivity index is 1.57. The Morgan fingerprint density at radius 1 is 1.07 bits per heavy atom. The molecule has 4 aromatic rings. The average Bonchev–Trinajstić information content (AvgIpc) is 2.69. The SMILES string of the molecule is Cc1ccc(C)c(OCC(=O)Nc2ccc3c(=O)c4cccc(Cl)c4oc3c2)c1. The highest BCUT2D eigenvalue weighted by Crippen LogP contribution is 2.26. The van der Waals surface area contributed by atoms with E-state index in [9.17, 15) is 9.59 Å². The van der Waals surface area contributed by atoms with Crippen LogP contribution in [-0.2, 0) is 4.79 Å². The van der Waals surface area contributed by atoms with Gasteiger partial charge in [-0.1, -0.05) is 29.8 Å². The number of aryl methyl sites for hydroxylation is 2. The number of amides is 1. The van der Waals surface area contributed by atoms with Crippen molar-refractivity contribution in [2.24, 2.45) is 0 Å². The highest BCUT2D eigenvalue weighted by atomic mass is 35.5. The Hall–Kier alpha value is -3.31. The van der Waals surface area contributed by atoms with Crippen molar-refractivity contribution in [3.63, 3.8) is 0 Å². The summed E-state index contributed by atoms with van der Waals surface area (Å²) in [6.07, 6.45) is 0. The van der Waals surface area contributed by atoms with Gasteiger partial charge in [0.15, 0.2) is 12.2 Å². The maximum Gasteiger partial charge on any atom is 0.262 e. The Kier molecular flexibility index (Phi) is 4.99. The number of ether oxygens (including phenoxy) is 1. The predicted octanol–water partition coefficient (Wildman–Crippen LogP) is 5.23. The number of hydrogen-bond donors (Lipinski definition) is 1. The third-order valence-corrected chi connectivity index (χ3v) is 4.93. The van der Waals surface area contributed by atoms with Crippen LogP contribution in [0, 0.1) is 13.8 Å². The van der Waals surface area contributed by atoms with Gasteiger partial charge in [0, 0.05) is 11.8 Å². The number of carbonyl (C=O) groups is 1. The van der Waals surface area contributed by atoms with Gasteiger partial charge in [0.1, 0.15) is 11.3 Å². The van der Waals surface area contributed by atoms with Crippen LogP contribution in [0.3, 0.4) is 0 Å².